The van der Waals surface area contributed by atoms with Crippen LogP contribution in [0, 0.1) is 0 Å². The second-order valence-electron chi connectivity index (χ2n) is 5.23. The summed E-state index contributed by atoms with van der Waals surface area (Å²) in [6, 6.07) is 9.74. The molecule has 2 aromatic carbocycles. The van der Waals surface area contributed by atoms with Gasteiger partial charge in [0, 0.05) is 6.42 Å². The predicted octanol–water partition coefficient (Wildman–Crippen LogP) is 2.20. The van der Waals surface area contributed by atoms with Crippen molar-refractivity contribution in [1.82, 2.24) is 5.43 Å². The molecule has 3 N–H and O–H groups in total. The molecular weight excluding hydrogens is 324 g/mol. The number of amides is 1. The minimum atomic E-state index is -0.260. The first kappa shape index (κ1) is 18.1. The van der Waals surface area contributed by atoms with Crippen LogP contribution in [0.15, 0.2) is 41.5 Å². The number of nitrogens with zero attached hydrogens (tertiary/aromatic N) is 1. The predicted molar refractivity (Wildman–Crippen MR) is 93.4 cm³/mol. The van der Waals surface area contributed by atoms with Gasteiger partial charge in [0.15, 0.2) is 23.0 Å². The molecule has 1 amide bonds. The fraction of sp³-hybridized carbons (Fsp3) is 0.222. The summed E-state index contributed by atoms with van der Waals surface area (Å²) < 4.78 is 10.3. The largest absolute Gasteiger partial charge is 0.504 e. The highest BCUT2D eigenvalue weighted by Gasteiger charge is 2.05. The Balaban J connectivity index is 1.86. The van der Waals surface area contributed by atoms with Crippen molar-refractivity contribution in [3.63, 3.8) is 0 Å². The molecule has 0 spiro atoms. The Hall–Kier alpha value is -3.22. The smallest absolute Gasteiger partial charge is 0.240 e. The number of phenols is 2. The van der Waals surface area contributed by atoms with Crippen LogP contribution in [0.4, 0.5) is 0 Å². The topological polar surface area (TPSA) is 100 Å². The van der Waals surface area contributed by atoms with Crippen molar-refractivity contribution in [2.45, 2.75) is 12.8 Å². The monoisotopic (exact) mass is 344 g/mol. The molecule has 0 saturated carbocycles. The van der Waals surface area contributed by atoms with Crippen LogP contribution < -0.4 is 14.9 Å². The van der Waals surface area contributed by atoms with Crippen molar-refractivity contribution in [2.24, 2.45) is 5.10 Å². The van der Waals surface area contributed by atoms with Gasteiger partial charge in [-0.1, -0.05) is 6.07 Å². The molecule has 0 saturated heterocycles. The normalized spacial score (nSPS) is 10.6. The molecule has 0 unspecified atom stereocenters. The van der Waals surface area contributed by atoms with Gasteiger partial charge in [0.25, 0.3) is 0 Å². The molecule has 0 aromatic heterocycles. The molecule has 2 rings (SSSR count). The van der Waals surface area contributed by atoms with Gasteiger partial charge in [-0.15, -0.1) is 0 Å². The molecule has 132 valence electrons. The van der Waals surface area contributed by atoms with Crippen molar-refractivity contribution in [2.75, 3.05) is 14.2 Å². The van der Waals surface area contributed by atoms with Gasteiger partial charge >= 0.3 is 0 Å². The molecule has 0 fully saturated rings. The van der Waals surface area contributed by atoms with Crippen LogP contribution >= 0.6 is 0 Å². The van der Waals surface area contributed by atoms with Crippen molar-refractivity contribution in [1.29, 1.82) is 0 Å². The SMILES string of the molecule is COc1ccc(/C=N\NC(=O)CCc2ccc(O)c(O)c2)cc1OC. The number of methoxy groups -OCH3 is 2. The number of carbonyl (C=O) groups excluding carboxylic acids is 1. The second-order valence-corrected chi connectivity index (χ2v) is 5.23. The summed E-state index contributed by atoms with van der Waals surface area (Å²) in [7, 11) is 3.10. The maximum Gasteiger partial charge on any atom is 0.240 e. The molecule has 7 heteroatoms. The highest BCUT2D eigenvalue weighted by Crippen LogP contribution is 2.27. The fourth-order valence-corrected chi connectivity index (χ4v) is 2.15. The number of ether oxygens (including phenoxy) is 2. The number of hydrazone groups is 1. The Bertz CT molecular complexity index is 774. The van der Waals surface area contributed by atoms with E-state index in [1.165, 1.54) is 18.3 Å². The van der Waals surface area contributed by atoms with E-state index >= 15 is 0 Å². The molecular formula is C18H20N2O5. The fourth-order valence-electron chi connectivity index (χ4n) is 2.15. The number of phenolic OH excluding ortho intramolecular Hbond substituents is 2. The van der Waals surface area contributed by atoms with Gasteiger partial charge in [0.1, 0.15) is 0 Å². The molecule has 25 heavy (non-hydrogen) atoms. The van der Waals surface area contributed by atoms with E-state index in [1.54, 1.807) is 38.5 Å². The van der Waals surface area contributed by atoms with Crippen LogP contribution in [0.3, 0.4) is 0 Å². The number of nitrogens with one attached hydrogen (secondary N) is 1. The van der Waals surface area contributed by atoms with Gasteiger partial charge in [0.05, 0.1) is 20.4 Å². The van der Waals surface area contributed by atoms with E-state index in [2.05, 4.69) is 10.5 Å². The first-order valence-electron chi connectivity index (χ1n) is 7.58. The first-order chi connectivity index (χ1) is 12.0. The Labute approximate surface area is 145 Å². The van der Waals surface area contributed by atoms with Gasteiger partial charge < -0.3 is 19.7 Å². The standard InChI is InChI=1S/C18H20N2O5/c1-24-16-7-4-13(10-17(16)25-2)11-19-20-18(23)8-5-12-3-6-14(21)15(22)9-12/h3-4,6-7,9-11,21-22H,5,8H2,1-2H3,(H,20,23)/b19-11-. The lowest BCUT2D eigenvalue weighted by Gasteiger charge is -2.07. The summed E-state index contributed by atoms with van der Waals surface area (Å²) >= 11 is 0. The third kappa shape index (κ3) is 5.13. The van der Waals surface area contributed by atoms with E-state index in [4.69, 9.17) is 9.47 Å². The summed E-state index contributed by atoms with van der Waals surface area (Å²) in [5.41, 5.74) is 3.94. The summed E-state index contributed by atoms with van der Waals surface area (Å²) in [6.45, 7) is 0. The first-order valence-corrected chi connectivity index (χ1v) is 7.58. The van der Waals surface area contributed by atoms with Crippen molar-refractivity contribution in [3.05, 3.63) is 47.5 Å². The summed E-state index contributed by atoms with van der Waals surface area (Å²) in [5, 5.41) is 22.6. The average molecular weight is 344 g/mol. The zero-order valence-electron chi connectivity index (χ0n) is 14.0. The lowest BCUT2D eigenvalue weighted by Crippen LogP contribution is -2.17. The highest BCUT2D eigenvalue weighted by atomic mass is 16.5. The summed E-state index contributed by atoms with van der Waals surface area (Å²) in [5.74, 6) is 0.534. The van der Waals surface area contributed by atoms with Crippen LogP contribution in [0.5, 0.6) is 23.0 Å². The van der Waals surface area contributed by atoms with E-state index in [0.717, 1.165) is 11.1 Å². The number of hydrogen-bond acceptors (Lipinski definition) is 6. The number of carbonyl (C=O) groups is 1. The molecule has 0 radical (unpaired) electrons. The van der Waals surface area contributed by atoms with Crippen LogP contribution in [0.2, 0.25) is 0 Å². The average Bonchev–Trinajstić information content (AvgIpc) is 2.62. The second kappa shape index (κ2) is 8.58. The van der Waals surface area contributed by atoms with Gasteiger partial charge in [-0.05, 0) is 47.9 Å². The van der Waals surface area contributed by atoms with Crippen LogP contribution in [0.25, 0.3) is 0 Å². The molecule has 0 atom stereocenters. The van der Waals surface area contributed by atoms with E-state index in [9.17, 15) is 15.0 Å². The Morgan fingerprint density at radius 2 is 1.84 bits per heavy atom. The molecule has 0 aliphatic rings. The van der Waals surface area contributed by atoms with Crippen LogP contribution in [-0.4, -0.2) is 36.6 Å². The number of aryl methyl sites for hydroxylation is 1. The molecule has 0 bridgehead atoms. The molecule has 0 heterocycles. The van der Waals surface area contributed by atoms with Crippen molar-refractivity contribution < 1.29 is 24.5 Å². The zero-order chi connectivity index (χ0) is 18.2. The number of hydrogen-bond donors (Lipinski definition) is 3. The van der Waals surface area contributed by atoms with E-state index in [1.807, 2.05) is 0 Å². The van der Waals surface area contributed by atoms with E-state index < -0.39 is 0 Å². The van der Waals surface area contributed by atoms with Gasteiger partial charge in [-0.2, -0.15) is 5.10 Å². The molecule has 0 aliphatic carbocycles. The zero-order valence-corrected chi connectivity index (χ0v) is 14.0. The maximum absolute atomic E-state index is 11.8. The quantitative estimate of drug-likeness (QED) is 0.406. The van der Waals surface area contributed by atoms with Gasteiger partial charge in [-0.3, -0.25) is 4.79 Å². The third-order valence-corrected chi connectivity index (χ3v) is 3.49. The number of aromatic hydroxyl groups is 2. The maximum atomic E-state index is 11.8. The van der Waals surface area contributed by atoms with Gasteiger partial charge in [0.2, 0.25) is 5.91 Å². The lowest BCUT2D eigenvalue weighted by molar-refractivity contribution is -0.121. The summed E-state index contributed by atoms with van der Waals surface area (Å²) in [6.07, 6.45) is 2.13. The number of benzene rings is 2. The Kier molecular flexibility index (Phi) is 6.22. The summed E-state index contributed by atoms with van der Waals surface area (Å²) in [4.78, 5) is 11.8. The minimum Gasteiger partial charge on any atom is -0.504 e. The van der Waals surface area contributed by atoms with E-state index in [0.29, 0.717) is 17.9 Å². The van der Waals surface area contributed by atoms with Crippen molar-refractivity contribution in [3.8, 4) is 23.0 Å². The molecule has 2 aromatic rings. The highest BCUT2D eigenvalue weighted by molar-refractivity contribution is 5.83. The molecule has 0 aliphatic heterocycles. The van der Waals surface area contributed by atoms with Crippen LogP contribution in [-0.2, 0) is 11.2 Å². The number of rotatable bonds is 7. The minimum absolute atomic E-state index is 0.187. The van der Waals surface area contributed by atoms with E-state index in [-0.39, 0.29) is 23.8 Å². The lowest BCUT2D eigenvalue weighted by atomic mass is 10.1. The Morgan fingerprint density at radius 3 is 2.52 bits per heavy atom. The molecule has 7 nitrogen and oxygen atoms in total. The van der Waals surface area contributed by atoms with Gasteiger partial charge in [-0.25, -0.2) is 5.43 Å². The van der Waals surface area contributed by atoms with Crippen LogP contribution in [0.1, 0.15) is 17.5 Å². The van der Waals surface area contributed by atoms with Crippen molar-refractivity contribution >= 4 is 12.1 Å². The third-order valence-electron chi connectivity index (χ3n) is 3.49. The Morgan fingerprint density at radius 1 is 1.08 bits per heavy atom.